The van der Waals surface area contributed by atoms with Crippen LogP contribution in [0.1, 0.15) is 0 Å². The minimum absolute atomic E-state index is 0.0382. The summed E-state index contributed by atoms with van der Waals surface area (Å²) in [6, 6.07) is 14.1. The lowest BCUT2D eigenvalue weighted by molar-refractivity contribution is -0.130. The predicted molar refractivity (Wildman–Crippen MR) is 110 cm³/mol. The Morgan fingerprint density at radius 3 is 2.52 bits per heavy atom. The van der Waals surface area contributed by atoms with Crippen molar-refractivity contribution in [3.05, 3.63) is 57.1 Å². The third-order valence-electron chi connectivity index (χ3n) is 3.50. The number of hydrogen-bond acceptors (Lipinski definition) is 4. The minimum Gasteiger partial charge on any atom is -0.301 e. The largest absolute Gasteiger partial charge is 0.301 e. The lowest BCUT2D eigenvalue weighted by atomic mass is 10.1. The van der Waals surface area contributed by atoms with E-state index in [1.54, 1.807) is 24.3 Å². The highest BCUT2D eigenvalue weighted by Gasteiger charge is 2.38. The van der Waals surface area contributed by atoms with Crippen molar-refractivity contribution in [3.8, 4) is 0 Å². The van der Waals surface area contributed by atoms with Gasteiger partial charge in [0.25, 0.3) is 5.91 Å². The van der Waals surface area contributed by atoms with Crippen molar-refractivity contribution >= 4 is 80.9 Å². The molecule has 0 aromatic heterocycles. The summed E-state index contributed by atoms with van der Waals surface area (Å²) >= 11 is 13.2. The van der Waals surface area contributed by atoms with E-state index in [2.05, 4.69) is 32.9 Å². The smallest absolute Gasteiger partial charge is 0.251 e. The minimum atomic E-state index is -1.06. The summed E-state index contributed by atoms with van der Waals surface area (Å²) in [4.78, 5) is 30.6. The van der Waals surface area contributed by atoms with E-state index in [0.29, 0.717) is 16.4 Å². The van der Waals surface area contributed by atoms with Crippen molar-refractivity contribution in [1.82, 2.24) is 5.32 Å². The number of carbonyl (C=O) groups is 2. The highest BCUT2D eigenvalue weighted by Crippen LogP contribution is 2.24. The van der Waals surface area contributed by atoms with Crippen LogP contribution in [0.3, 0.4) is 0 Å². The van der Waals surface area contributed by atoms with Crippen LogP contribution in [-0.2, 0) is 9.59 Å². The average molecular weight is 484 g/mol. The van der Waals surface area contributed by atoms with Crippen molar-refractivity contribution in [1.29, 1.82) is 0 Å². The van der Waals surface area contributed by atoms with Gasteiger partial charge < -0.3 is 5.32 Å². The van der Waals surface area contributed by atoms with Gasteiger partial charge in [-0.2, -0.15) is 0 Å². The van der Waals surface area contributed by atoms with Crippen LogP contribution in [0.15, 0.2) is 53.5 Å². The lowest BCUT2D eigenvalue weighted by Gasteiger charge is -2.30. The molecule has 1 fully saturated rings. The van der Waals surface area contributed by atoms with Gasteiger partial charge in [0.1, 0.15) is 0 Å². The van der Waals surface area contributed by atoms with Crippen LogP contribution < -0.4 is 10.2 Å². The van der Waals surface area contributed by atoms with Crippen molar-refractivity contribution in [2.45, 2.75) is 0 Å². The number of aliphatic imine (C=N–C) groups is 1. The van der Waals surface area contributed by atoms with Gasteiger partial charge in [-0.05, 0) is 71.2 Å². The first kappa shape index (κ1) is 18.0. The summed E-state index contributed by atoms with van der Waals surface area (Å²) in [6.07, 6.45) is 1.35. The quantitative estimate of drug-likeness (QED) is 0.313. The molecule has 2 aromatic carbocycles. The number of amides is 2. The fraction of sp³-hybridized carbons (Fsp3) is 0.0588. The van der Waals surface area contributed by atoms with E-state index >= 15 is 0 Å². The number of rotatable bonds is 3. The number of carbonyl (C=O) groups excluding carboxylic acids is 2. The van der Waals surface area contributed by atoms with Crippen molar-refractivity contribution in [2.24, 2.45) is 10.9 Å². The Kier molecular flexibility index (Phi) is 5.45. The van der Waals surface area contributed by atoms with Crippen LogP contribution in [0.5, 0.6) is 0 Å². The second-order valence-electron chi connectivity index (χ2n) is 5.15. The van der Waals surface area contributed by atoms with E-state index in [9.17, 15) is 9.59 Å². The molecule has 1 N–H and O–H groups in total. The van der Waals surface area contributed by atoms with Gasteiger partial charge in [0.2, 0.25) is 5.91 Å². The van der Waals surface area contributed by atoms with Gasteiger partial charge in [-0.1, -0.05) is 23.7 Å². The van der Waals surface area contributed by atoms with Gasteiger partial charge in [-0.25, -0.2) is 0 Å². The Hall–Kier alpha value is -1.84. The van der Waals surface area contributed by atoms with E-state index < -0.39 is 17.7 Å². The molecule has 3 rings (SSSR count). The summed E-state index contributed by atoms with van der Waals surface area (Å²) in [5.74, 6) is -2.00. The van der Waals surface area contributed by atoms with Crippen LogP contribution in [0.25, 0.3) is 0 Å². The molecule has 0 bridgehead atoms. The van der Waals surface area contributed by atoms with Crippen molar-refractivity contribution < 1.29 is 9.59 Å². The van der Waals surface area contributed by atoms with Gasteiger partial charge in [0.15, 0.2) is 11.0 Å². The fourth-order valence-electron chi connectivity index (χ4n) is 2.27. The van der Waals surface area contributed by atoms with Crippen molar-refractivity contribution in [2.75, 3.05) is 4.90 Å². The average Bonchev–Trinajstić information content (AvgIpc) is 2.57. The SMILES string of the molecule is O=C1NC(=S)N(c2ccc(Cl)cc2)C(=O)[C@H]1C=Nc1ccccc1I. The fourth-order valence-corrected chi connectivity index (χ4v) is 3.22. The summed E-state index contributed by atoms with van der Waals surface area (Å²) in [7, 11) is 0. The van der Waals surface area contributed by atoms with Gasteiger partial charge in [-0.15, -0.1) is 0 Å². The number of halogens is 2. The maximum atomic E-state index is 12.8. The van der Waals surface area contributed by atoms with Crippen LogP contribution in [0.4, 0.5) is 11.4 Å². The zero-order chi connectivity index (χ0) is 18.0. The first-order valence-electron chi connectivity index (χ1n) is 7.20. The second kappa shape index (κ2) is 7.59. The molecule has 0 aliphatic carbocycles. The molecule has 1 heterocycles. The highest BCUT2D eigenvalue weighted by molar-refractivity contribution is 14.1. The second-order valence-corrected chi connectivity index (χ2v) is 7.14. The van der Waals surface area contributed by atoms with E-state index in [4.69, 9.17) is 23.8 Å². The van der Waals surface area contributed by atoms with Crippen LogP contribution in [0.2, 0.25) is 5.02 Å². The normalized spacial score (nSPS) is 17.9. The molecule has 1 atom stereocenters. The molecule has 5 nitrogen and oxygen atoms in total. The molecule has 1 aliphatic heterocycles. The Morgan fingerprint density at radius 2 is 1.84 bits per heavy atom. The van der Waals surface area contributed by atoms with Crippen LogP contribution in [0, 0.1) is 9.49 Å². The molecule has 126 valence electrons. The molecule has 0 spiro atoms. The summed E-state index contributed by atoms with van der Waals surface area (Å²) in [6.45, 7) is 0. The predicted octanol–water partition coefficient (Wildman–Crippen LogP) is 3.71. The number of thiocarbonyl (C=S) groups is 1. The molecular formula is C17H11ClIN3O2S. The first-order chi connectivity index (χ1) is 12.0. The molecule has 2 amide bonds. The molecule has 25 heavy (non-hydrogen) atoms. The maximum absolute atomic E-state index is 12.8. The molecule has 2 aromatic rings. The van der Waals surface area contributed by atoms with Gasteiger partial charge in [0, 0.05) is 14.8 Å². The molecule has 1 aliphatic rings. The van der Waals surface area contributed by atoms with E-state index in [1.807, 2.05) is 24.3 Å². The Bertz CT molecular complexity index is 886. The standard InChI is InChI=1S/C17H11ClIN3O2S/c18-10-5-7-11(8-6-10)22-16(24)12(15(23)21-17(22)25)9-20-14-4-2-1-3-13(14)19/h1-9,12H,(H,21,23,25)/t12-/m0/s1. The summed E-state index contributed by atoms with van der Waals surface area (Å²) in [5.41, 5.74) is 1.22. The summed E-state index contributed by atoms with van der Waals surface area (Å²) in [5, 5.41) is 3.13. The zero-order valence-corrected chi connectivity index (χ0v) is 16.4. The number of hydrogen-bond donors (Lipinski definition) is 1. The van der Waals surface area contributed by atoms with Gasteiger partial charge in [-0.3, -0.25) is 19.5 Å². The molecular weight excluding hydrogens is 473 g/mol. The topological polar surface area (TPSA) is 61.8 Å². The van der Waals surface area contributed by atoms with E-state index in [-0.39, 0.29) is 5.11 Å². The lowest BCUT2D eigenvalue weighted by Crippen LogP contribution is -2.58. The number of para-hydroxylation sites is 1. The number of nitrogens with zero attached hydrogens (tertiary/aromatic N) is 2. The monoisotopic (exact) mass is 483 g/mol. The molecule has 0 radical (unpaired) electrons. The zero-order valence-electron chi connectivity index (χ0n) is 12.6. The molecule has 0 unspecified atom stereocenters. The maximum Gasteiger partial charge on any atom is 0.251 e. The van der Waals surface area contributed by atoms with Crippen molar-refractivity contribution in [3.63, 3.8) is 0 Å². The van der Waals surface area contributed by atoms with Gasteiger partial charge >= 0.3 is 0 Å². The number of anilines is 1. The first-order valence-corrected chi connectivity index (χ1v) is 9.07. The number of benzene rings is 2. The Morgan fingerprint density at radius 1 is 1.16 bits per heavy atom. The van der Waals surface area contributed by atoms with E-state index in [0.717, 1.165) is 3.57 Å². The molecule has 1 saturated heterocycles. The van der Waals surface area contributed by atoms with Crippen LogP contribution >= 0.6 is 46.4 Å². The summed E-state index contributed by atoms with van der Waals surface area (Å²) < 4.78 is 0.921. The van der Waals surface area contributed by atoms with Crippen LogP contribution in [-0.4, -0.2) is 23.1 Å². The number of nitrogens with one attached hydrogen (secondary N) is 1. The van der Waals surface area contributed by atoms with E-state index in [1.165, 1.54) is 11.1 Å². The van der Waals surface area contributed by atoms with Gasteiger partial charge in [0.05, 0.1) is 11.4 Å². The Balaban J connectivity index is 1.90. The molecule has 0 saturated carbocycles. The molecule has 8 heteroatoms. The highest BCUT2D eigenvalue weighted by atomic mass is 127. The third kappa shape index (κ3) is 3.88. The third-order valence-corrected chi connectivity index (χ3v) is 4.95. The Labute approximate surface area is 168 Å².